The number of aldehydes is 2. The van der Waals surface area contributed by atoms with Crippen LogP contribution in [0.25, 0.3) is 0 Å². The standard InChI is InChI=1S/C7H12O3/c8-5-2-1-3-7(10)4-6-9/h5-7,10H,1-4H2/t7-/m1/s1. The molecule has 0 fully saturated rings. The van der Waals surface area contributed by atoms with Gasteiger partial charge in [-0.3, -0.25) is 0 Å². The lowest BCUT2D eigenvalue weighted by atomic mass is 10.1. The van der Waals surface area contributed by atoms with E-state index in [1.165, 1.54) is 0 Å². The van der Waals surface area contributed by atoms with Gasteiger partial charge in [0, 0.05) is 12.8 Å². The van der Waals surface area contributed by atoms with Gasteiger partial charge >= 0.3 is 0 Å². The minimum Gasteiger partial charge on any atom is -0.393 e. The van der Waals surface area contributed by atoms with Crippen LogP contribution in [-0.4, -0.2) is 23.8 Å². The summed E-state index contributed by atoms with van der Waals surface area (Å²) < 4.78 is 0. The molecule has 0 heterocycles. The molecule has 0 radical (unpaired) electrons. The molecule has 0 saturated carbocycles. The molecule has 0 aromatic rings. The summed E-state index contributed by atoms with van der Waals surface area (Å²) in [6.45, 7) is 0. The maximum atomic E-state index is 9.82. The van der Waals surface area contributed by atoms with Gasteiger partial charge in [0.2, 0.25) is 0 Å². The van der Waals surface area contributed by atoms with Crippen molar-refractivity contribution in [3.63, 3.8) is 0 Å². The molecule has 0 aromatic heterocycles. The predicted octanol–water partition coefficient (Wildman–Crippen LogP) is 0.305. The average molecular weight is 144 g/mol. The highest BCUT2D eigenvalue weighted by molar-refractivity contribution is 5.50. The summed E-state index contributed by atoms with van der Waals surface area (Å²) in [6.07, 6.45) is 2.79. The third kappa shape index (κ3) is 5.44. The van der Waals surface area contributed by atoms with Crippen molar-refractivity contribution < 1.29 is 14.7 Å². The summed E-state index contributed by atoms with van der Waals surface area (Å²) in [5.41, 5.74) is 0. The van der Waals surface area contributed by atoms with Crippen molar-refractivity contribution in [3.8, 4) is 0 Å². The fraction of sp³-hybridized carbons (Fsp3) is 0.714. The van der Waals surface area contributed by atoms with Crippen LogP contribution in [0.3, 0.4) is 0 Å². The van der Waals surface area contributed by atoms with E-state index in [0.29, 0.717) is 25.5 Å². The van der Waals surface area contributed by atoms with E-state index in [0.717, 1.165) is 6.29 Å². The Labute approximate surface area is 60.0 Å². The van der Waals surface area contributed by atoms with E-state index in [2.05, 4.69) is 0 Å². The Hall–Kier alpha value is -0.700. The van der Waals surface area contributed by atoms with Crippen molar-refractivity contribution in [2.75, 3.05) is 0 Å². The number of hydrogen-bond acceptors (Lipinski definition) is 3. The molecule has 3 nitrogen and oxygen atoms in total. The molecule has 58 valence electrons. The van der Waals surface area contributed by atoms with Crippen molar-refractivity contribution in [2.45, 2.75) is 31.8 Å². The van der Waals surface area contributed by atoms with Gasteiger partial charge in [-0.1, -0.05) is 0 Å². The molecule has 0 spiro atoms. The zero-order chi connectivity index (χ0) is 7.82. The topological polar surface area (TPSA) is 54.4 Å². The lowest BCUT2D eigenvalue weighted by molar-refractivity contribution is -0.109. The molecular formula is C7H12O3. The monoisotopic (exact) mass is 144 g/mol. The number of carbonyl (C=O) groups is 2. The van der Waals surface area contributed by atoms with E-state index in [9.17, 15) is 9.59 Å². The van der Waals surface area contributed by atoms with Crippen LogP contribution in [0.2, 0.25) is 0 Å². The highest BCUT2D eigenvalue weighted by Crippen LogP contribution is 2.00. The first-order valence-corrected chi connectivity index (χ1v) is 3.36. The maximum Gasteiger partial charge on any atom is 0.122 e. The van der Waals surface area contributed by atoms with Crippen LogP contribution in [0.4, 0.5) is 0 Å². The fourth-order valence-electron chi connectivity index (χ4n) is 0.666. The highest BCUT2D eigenvalue weighted by Gasteiger charge is 2.00. The van der Waals surface area contributed by atoms with Crippen LogP contribution in [0.1, 0.15) is 25.7 Å². The molecule has 0 aliphatic rings. The van der Waals surface area contributed by atoms with E-state index in [1.807, 2.05) is 0 Å². The van der Waals surface area contributed by atoms with E-state index >= 15 is 0 Å². The Morgan fingerprint density at radius 3 is 2.50 bits per heavy atom. The molecule has 10 heavy (non-hydrogen) atoms. The second kappa shape index (κ2) is 6.42. The summed E-state index contributed by atoms with van der Waals surface area (Å²) in [6, 6.07) is 0. The van der Waals surface area contributed by atoms with Gasteiger partial charge in [-0.05, 0) is 12.8 Å². The quantitative estimate of drug-likeness (QED) is 0.431. The molecule has 0 aliphatic heterocycles. The van der Waals surface area contributed by atoms with Crippen LogP contribution >= 0.6 is 0 Å². The summed E-state index contributed by atoms with van der Waals surface area (Å²) in [5, 5.41) is 8.93. The van der Waals surface area contributed by atoms with Gasteiger partial charge in [0.25, 0.3) is 0 Å². The second-order valence-electron chi connectivity index (χ2n) is 2.15. The first-order valence-electron chi connectivity index (χ1n) is 3.36. The van der Waals surface area contributed by atoms with E-state index < -0.39 is 6.10 Å². The van der Waals surface area contributed by atoms with Crippen LogP contribution in [0.5, 0.6) is 0 Å². The van der Waals surface area contributed by atoms with E-state index in [1.54, 1.807) is 0 Å². The lowest BCUT2D eigenvalue weighted by Crippen LogP contribution is -2.06. The van der Waals surface area contributed by atoms with Crippen molar-refractivity contribution >= 4 is 12.6 Å². The molecule has 0 aliphatic carbocycles. The van der Waals surface area contributed by atoms with Crippen molar-refractivity contribution in [2.24, 2.45) is 0 Å². The maximum absolute atomic E-state index is 9.82. The van der Waals surface area contributed by atoms with Gasteiger partial charge in [-0.15, -0.1) is 0 Å². The molecule has 3 heteroatoms. The first kappa shape index (κ1) is 9.30. The minimum atomic E-state index is -0.558. The number of unbranched alkanes of at least 4 members (excludes halogenated alkanes) is 1. The zero-order valence-electron chi connectivity index (χ0n) is 5.82. The van der Waals surface area contributed by atoms with Gasteiger partial charge in [-0.2, -0.15) is 0 Å². The van der Waals surface area contributed by atoms with Crippen molar-refractivity contribution in [3.05, 3.63) is 0 Å². The van der Waals surface area contributed by atoms with E-state index in [-0.39, 0.29) is 6.42 Å². The normalized spacial score (nSPS) is 12.5. The van der Waals surface area contributed by atoms with Crippen LogP contribution in [-0.2, 0) is 9.59 Å². The first-order chi connectivity index (χ1) is 4.81. The highest BCUT2D eigenvalue weighted by atomic mass is 16.3. The lowest BCUT2D eigenvalue weighted by Gasteiger charge is -2.02. The third-order valence-corrected chi connectivity index (χ3v) is 1.23. The summed E-state index contributed by atoms with van der Waals surface area (Å²) >= 11 is 0. The second-order valence-corrected chi connectivity index (χ2v) is 2.15. The van der Waals surface area contributed by atoms with Crippen molar-refractivity contribution in [1.82, 2.24) is 0 Å². The molecular weight excluding hydrogens is 132 g/mol. The fourth-order valence-corrected chi connectivity index (χ4v) is 0.666. The van der Waals surface area contributed by atoms with Gasteiger partial charge in [0.1, 0.15) is 12.6 Å². The number of aliphatic hydroxyl groups excluding tert-OH is 1. The number of hydrogen-bond donors (Lipinski definition) is 1. The average Bonchev–Trinajstić information content (AvgIpc) is 1.89. The molecule has 1 N–H and O–H groups in total. The van der Waals surface area contributed by atoms with Gasteiger partial charge in [0.15, 0.2) is 0 Å². The minimum absolute atomic E-state index is 0.179. The molecule has 0 aromatic carbocycles. The molecule has 0 unspecified atom stereocenters. The van der Waals surface area contributed by atoms with Crippen LogP contribution in [0.15, 0.2) is 0 Å². The number of aliphatic hydroxyl groups is 1. The van der Waals surface area contributed by atoms with E-state index in [4.69, 9.17) is 5.11 Å². The molecule has 0 bridgehead atoms. The summed E-state index contributed by atoms with van der Waals surface area (Å²) in [5.74, 6) is 0. The Kier molecular flexibility index (Phi) is 5.97. The largest absolute Gasteiger partial charge is 0.393 e. The van der Waals surface area contributed by atoms with Gasteiger partial charge < -0.3 is 14.7 Å². The Morgan fingerprint density at radius 2 is 2.00 bits per heavy atom. The molecule has 0 amide bonds. The third-order valence-electron chi connectivity index (χ3n) is 1.23. The Balaban J connectivity index is 3.11. The van der Waals surface area contributed by atoms with Crippen LogP contribution < -0.4 is 0 Å². The SMILES string of the molecule is O=CCCC[C@@H](O)CC=O. The molecule has 1 atom stereocenters. The smallest absolute Gasteiger partial charge is 0.122 e. The summed E-state index contributed by atoms with van der Waals surface area (Å²) in [7, 11) is 0. The Morgan fingerprint density at radius 1 is 1.30 bits per heavy atom. The van der Waals surface area contributed by atoms with Gasteiger partial charge in [-0.25, -0.2) is 0 Å². The Bertz CT molecular complexity index is 101. The molecule has 0 rings (SSSR count). The zero-order valence-corrected chi connectivity index (χ0v) is 5.82. The number of rotatable bonds is 6. The van der Waals surface area contributed by atoms with Crippen LogP contribution in [0, 0.1) is 0 Å². The number of carbonyl (C=O) groups excluding carboxylic acids is 2. The predicted molar refractivity (Wildman–Crippen MR) is 36.6 cm³/mol. The molecule has 0 saturated heterocycles. The van der Waals surface area contributed by atoms with Crippen molar-refractivity contribution in [1.29, 1.82) is 0 Å². The van der Waals surface area contributed by atoms with Gasteiger partial charge in [0.05, 0.1) is 6.10 Å². The summed E-state index contributed by atoms with van der Waals surface area (Å²) in [4.78, 5) is 19.6.